The minimum absolute atomic E-state index is 0.156. The maximum absolute atomic E-state index is 13.2. The van der Waals surface area contributed by atoms with E-state index in [4.69, 9.17) is 11.6 Å². The first-order valence-electron chi connectivity index (χ1n) is 7.63. The molecule has 4 aliphatic rings. The Hall–Kier alpha value is -0.830. The van der Waals surface area contributed by atoms with Crippen LogP contribution in [0.4, 0.5) is 0 Å². The van der Waals surface area contributed by atoms with E-state index in [2.05, 4.69) is 12.0 Å². The molecule has 4 heteroatoms. The average molecular weight is 293 g/mol. The monoisotopic (exact) mass is 292 g/mol. The lowest BCUT2D eigenvalue weighted by Crippen LogP contribution is -2.54. The molecule has 0 aliphatic heterocycles. The van der Waals surface area contributed by atoms with E-state index in [1.165, 1.54) is 19.3 Å². The Kier molecular flexibility index (Phi) is 2.50. The summed E-state index contributed by atoms with van der Waals surface area (Å²) in [5.74, 6) is 1.75. The van der Waals surface area contributed by atoms with Crippen molar-refractivity contribution >= 4 is 17.4 Å². The maximum atomic E-state index is 13.2. The van der Waals surface area contributed by atoms with E-state index in [0.717, 1.165) is 31.1 Å². The van der Waals surface area contributed by atoms with Gasteiger partial charge in [-0.25, -0.2) is 0 Å². The normalized spacial score (nSPS) is 42.1. The highest BCUT2D eigenvalue weighted by atomic mass is 35.5. The Bertz CT molecular complexity index is 558. The number of Topliss-reactive ketones (excluding diaryl/α,β-unsaturated/α-hetero) is 1. The second-order valence-electron chi connectivity index (χ2n) is 7.85. The van der Waals surface area contributed by atoms with Gasteiger partial charge in [-0.3, -0.25) is 9.48 Å². The molecule has 4 fully saturated rings. The number of carbonyl (C=O) groups is 1. The van der Waals surface area contributed by atoms with Crippen molar-refractivity contribution in [2.45, 2.75) is 45.4 Å². The van der Waals surface area contributed by atoms with Gasteiger partial charge in [0, 0.05) is 12.5 Å². The molecule has 1 aromatic rings. The number of ketones is 1. The first-order chi connectivity index (χ1) is 9.41. The fraction of sp³-hybridized carbons (Fsp3) is 0.750. The van der Waals surface area contributed by atoms with Crippen molar-refractivity contribution < 1.29 is 4.79 Å². The van der Waals surface area contributed by atoms with Crippen LogP contribution in [0.2, 0.25) is 5.02 Å². The molecule has 4 bridgehead atoms. The molecule has 5 rings (SSSR count). The van der Waals surface area contributed by atoms with Gasteiger partial charge in [-0.2, -0.15) is 5.10 Å². The lowest BCUT2D eigenvalue weighted by Gasteiger charge is -2.60. The van der Waals surface area contributed by atoms with Crippen LogP contribution in [-0.2, 0) is 7.05 Å². The molecular formula is C16H21ClN2O. The summed E-state index contributed by atoms with van der Waals surface area (Å²) >= 11 is 6.21. The molecule has 4 saturated carbocycles. The Labute approximate surface area is 124 Å². The number of carbonyl (C=O) groups excluding carboxylic acids is 1. The molecule has 0 radical (unpaired) electrons. The summed E-state index contributed by atoms with van der Waals surface area (Å²) in [5, 5.41) is 4.66. The van der Waals surface area contributed by atoms with E-state index in [9.17, 15) is 4.79 Å². The molecule has 20 heavy (non-hydrogen) atoms. The van der Waals surface area contributed by atoms with Crippen LogP contribution in [0, 0.1) is 22.7 Å². The average Bonchev–Trinajstić information content (AvgIpc) is 2.65. The predicted octanol–water partition coefficient (Wildman–Crippen LogP) is 3.86. The van der Waals surface area contributed by atoms with Crippen molar-refractivity contribution in [2.75, 3.05) is 0 Å². The van der Waals surface area contributed by atoms with Crippen molar-refractivity contribution in [3.63, 3.8) is 0 Å². The van der Waals surface area contributed by atoms with E-state index in [1.54, 1.807) is 10.9 Å². The Balaban J connectivity index is 1.76. The topological polar surface area (TPSA) is 34.9 Å². The number of aromatic nitrogens is 2. The largest absolute Gasteiger partial charge is 0.292 e. The molecule has 2 unspecified atom stereocenters. The second kappa shape index (κ2) is 3.88. The standard InChI is InChI=1S/C16H21ClN2O/c1-15-4-10-3-11(5-15)7-16(6-10,9-15)14(20)13-12(17)8-18-19(13)2/h8,10-11H,3-7,9H2,1-2H3. The van der Waals surface area contributed by atoms with E-state index in [-0.39, 0.29) is 11.2 Å². The van der Waals surface area contributed by atoms with Gasteiger partial charge in [0.1, 0.15) is 5.69 Å². The highest BCUT2D eigenvalue weighted by Gasteiger charge is 2.59. The van der Waals surface area contributed by atoms with Crippen molar-refractivity contribution in [1.29, 1.82) is 0 Å². The molecule has 0 N–H and O–H groups in total. The van der Waals surface area contributed by atoms with E-state index < -0.39 is 0 Å². The smallest absolute Gasteiger partial charge is 0.188 e. The molecule has 0 aromatic carbocycles. The molecule has 3 nitrogen and oxygen atoms in total. The van der Waals surface area contributed by atoms with Gasteiger partial charge in [-0.15, -0.1) is 0 Å². The number of nitrogens with zero attached hydrogens (tertiary/aromatic N) is 2. The van der Waals surface area contributed by atoms with Crippen LogP contribution in [0.25, 0.3) is 0 Å². The SMILES string of the molecule is Cn1ncc(Cl)c1C(=O)C12CC3CC(CC(C)(C3)C1)C2. The van der Waals surface area contributed by atoms with Crippen LogP contribution in [-0.4, -0.2) is 15.6 Å². The van der Waals surface area contributed by atoms with Crippen molar-refractivity contribution in [2.24, 2.45) is 29.7 Å². The molecule has 1 heterocycles. The number of hydrogen-bond acceptors (Lipinski definition) is 2. The van der Waals surface area contributed by atoms with Crippen molar-refractivity contribution in [1.82, 2.24) is 9.78 Å². The zero-order valence-corrected chi connectivity index (χ0v) is 12.9. The molecule has 4 aliphatic carbocycles. The number of aryl methyl sites for hydroxylation is 1. The van der Waals surface area contributed by atoms with Gasteiger partial charge in [-0.1, -0.05) is 18.5 Å². The summed E-state index contributed by atoms with van der Waals surface area (Å²) in [7, 11) is 1.82. The van der Waals surface area contributed by atoms with Crippen LogP contribution in [0.5, 0.6) is 0 Å². The van der Waals surface area contributed by atoms with Crippen LogP contribution < -0.4 is 0 Å². The third kappa shape index (κ3) is 1.65. The lowest BCUT2D eigenvalue weighted by atomic mass is 9.43. The zero-order valence-electron chi connectivity index (χ0n) is 12.2. The minimum Gasteiger partial charge on any atom is -0.292 e. The summed E-state index contributed by atoms with van der Waals surface area (Å²) in [4.78, 5) is 13.2. The third-order valence-electron chi connectivity index (χ3n) is 5.94. The number of halogens is 1. The highest BCUT2D eigenvalue weighted by molar-refractivity contribution is 6.33. The Morgan fingerprint density at radius 1 is 1.35 bits per heavy atom. The van der Waals surface area contributed by atoms with Crippen LogP contribution >= 0.6 is 11.6 Å². The van der Waals surface area contributed by atoms with E-state index in [0.29, 0.717) is 16.1 Å². The Morgan fingerprint density at radius 3 is 2.50 bits per heavy atom. The van der Waals surface area contributed by atoms with Crippen LogP contribution in [0.1, 0.15) is 55.9 Å². The molecule has 1 aromatic heterocycles. The first kappa shape index (κ1) is 12.9. The van der Waals surface area contributed by atoms with Crippen LogP contribution in [0.3, 0.4) is 0 Å². The fourth-order valence-corrected chi connectivity index (χ4v) is 6.16. The van der Waals surface area contributed by atoms with Gasteiger partial charge in [0.15, 0.2) is 5.78 Å². The Morgan fingerprint density at radius 2 is 2.00 bits per heavy atom. The summed E-state index contributed by atoms with van der Waals surface area (Å²) in [6, 6.07) is 0. The highest BCUT2D eigenvalue weighted by Crippen LogP contribution is 2.65. The third-order valence-corrected chi connectivity index (χ3v) is 6.22. The van der Waals surface area contributed by atoms with Gasteiger partial charge in [-0.05, 0) is 55.8 Å². The first-order valence-corrected chi connectivity index (χ1v) is 8.01. The number of hydrogen-bond donors (Lipinski definition) is 0. The van der Waals surface area contributed by atoms with E-state index in [1.807, 2.05) is 7.05 Å². The van der Waals surface area contributed by atoms with Crippen LogP contribution in [0.15, 0.2) is 6.20 Å². The number of rotatable bonds is 2. The van der Waals surface area contributed by atoms with Gasteiger partial charge >= 0.3 is 0 Å². The molecule has 0 spiro atoms. The molecular weight excluding hydrogens is 272 g/mol. The summed E-state index contributed by atoms with van der Waals surface area (Å²) < 4.78 is 1.66. The predicted molar refractivity (Wildman–Crippen MR) is 77.8 cm³/mol. The van der Waals surface area contributed by atoms with Crippen molar-refractivity contribution in [3.05, 3.63) is 16.9 Å². The van der Waals surface area contributed by atoms with Gasteiger partial charge in [0.05, 0.1) is 11.2 Å². The molecule has 0 saturated heterocycles. The van der Waals surface area contributed by atoms with Crippen molar-refractivity contribution in [3.8, 4) is 0 Å². The van der Waals surface area contributed by atoms with Gasteiger partial charge < -0.3 is 0 Å². The molecule has 2 atom stereocenters. The fourth-order valence-electron chi connectivity index (χ4n) is 5.90. The summed E-state index contributed by atoms with van der Waals surface area (Å²) in [6.45, 7) is 2.39. The summed E-state index contributed by atoms with van der Waals surface area (Å²) in [5.41, 5.74) is 0.846. The second-order valence-corrected chi connectivity index (χ2v) is 8.25. The minimum atomic E-state index is -0.156. The zero-order chi connectivity index (χ0) is 14.1. The molecule has 0 amide bonds. The van der Waals surface area contributed by atoms with Gasteiger partial charge in [0.2, 0.25) is 0 Å². The summed E-state index contributed by atoms with van der Waals surface area (Å²) in [6.07, 6.45) is 8.75. The molecule has 108 valence electrons. The van der Waals surface area contributed by atoms with Gasteiger partial charge in [0.25, 0.3) is 0 Å². The maximum Gasteiger partial charge on any atom is 0.188 e. The quantitative estimate of drug-likeness (QED) is 0.776. The lowest BCUT2D eigenvalue weighted by molar-refractivity contribution is -0.0823. The van der Waals surface area contributed by atoms with E-state index >= 15 is 0 Å².